The largest absolute Gasteiger partial charge is 0.405 e. The summed E-state index contributed by atoms with van der Waals surface area (Å²) >= 11 is 0. The molecule has 70 valence electrons. The minimum absolute atomic E-state index is 1.19. The molecule has 0 heterocycles. The van der Waals surface area contributed by atoms with Crippen molar-refractivity contribution in [1.29, 1.82) is 0 Å². The maximum absolute atomic E-state index is 5.39. The van der Waals surface area contributed by atoms with E-state index in [1.807, 2.05) is 6.08 Å². The molecular formula is C13H13N. The van der Waals surface area contributed by atoms with Crippen molar-refractivity contribution in [1.82, 2.24) is 0 Å². The van der Waals surface area contributed by atoms with Crippen molar-refractivity contribution < 1.29 is 0 Å². The van der Waals surface area contributed by atoms with Gasteiger partial charge in [-0.25, -0.2) is 0 Å². The first-order valence-electron chi connectivity index (χ1n) is 4.69. The summed E-state index contributed by atoms with van der Waals surface area (Å²) in [6.07, 6.45) is 3.51. The van der Waals surface area contributed by atoms with Crippen molar-refractivity contribution in [2.24, 2.45) is 5.73 Å². The van der Waals surface area contributed by atoms with Gasteiger partial charge >= 0.3 is 0 Å². The predicted molar refractivity (Wildman–Crippen MR) is 61.9 cm³/mol. The van der Waals surface area contributed by atoms with Crippen molar-refractivity contribution in [3.63, 3.8) is 0 Å². The highest BCUT2D eigenvalue weighted by Gasteiger charge is 1.99. The molecule has 0 aliphatic rings. The molecule has 0 atom stereocenters. The van der Waals surface area contributed by atoms with Gasteiger partial charge in [0.25, 0.3) is 0 Å². The van der Waals surface area contributed by atoms with Gasteiger partial charge in [0.05, 0.1) is 0 Å². The fourth-order valence-electron chi connectivity index (χ4n) is 1.73. The second kappa shape index (κ2) is 3.54. The first-order valence-corrected chi connectivity index (χ1v) is 4.69. The lowest BCUT2D eigenvalue weighted by Crippen LogP contribution is -1.85. The average molecular weight is 183 g/mol. The van der Waals surface area contributed by atoms with Crippen molar-refractivity contribution in [2.45, 2.75) is 6.92 Å². The number of benzene rings is 2. The van der Waals surface area contributed by atoms with Crippen molar-refractivity contribution in [3.05, 3.63) is 53.7 Å². The van der Waals surface area contributed by atoms with E-state index in [1.54, 1.807) is 6.20 Å². The van der Waals surface area contributed by atoms with Crippen molar-refractivity contribution in [3.8, 4) is 0 Å². The van der Waals surface area contributed by atoms with Crippen LogP contribution in [0.1, 0.15) is 11.1 Å². The Morgan fingerprint density at radius 3 is 2.64 bits per heavy atom. The van der Waals surface area contributed by atoms with Gasteiger partial charge in [0.1, 0.15) is 0 Å². The quantitative estimate of drug-likeness (QED) is 0.722. The van der Waals surface area contributed by atoms with Crippen LogP contribution in [-0.4, -0.2) is 0 Å². The van der Waals surface area contributed by atoms with Gasteiger partial charge < -0.3 is 5.73 Å². The lowest BCUT2D eigenvalue weighted by atomic mass is 10.0. The van der Waals surface area contributed by atoms with Gasteiger partial charge in [0.15, 0.2) is 0 Å². The van der Waals surface area contributed by atoms with Crippen LogP contribution in [0.4, 0.5) is 0 Å². The summed E-state index contributed by atoms with van der Waals surface area (Å²) in [5.41, 5.74) is 7.86. The molecule has 0 unspecified atom stereocenters. The molecule has 14 heavy (non-hydrogen) atoms. The molecule has 0 aliphatic carbocycles. The second-order valence-corrected chi connectivity index (χ2v) is 3.36. The SMILES string of the molecule is Cc1c(/C=C\N)ccc2ccccc12. The Bertz CT molecular complexity index is 484. The van der Waals surface area contributed by atoms with Gasteiger partial charge in [0, 0.05) is 0 Å². The summed E-state index contributed by atoms with van der Waals surface area (Å²) in [7, 11) is 0. The molecule has 0 saturated heterocycles. The Balaban J connectivity index is 2.75. The van der Waals surface area contributed by atoms with E-state index in [0.717, 1.165) is 0 Å². The van der Waals surface area contributed by atoms with Crippen LogP contribution in [0.3, 0.4) is 0 Å². The minimum atomic E-state index is 1.19. The molecule has 0 amide bonds. The maximum Gasteiger partial charge on any atom is -0.00563 e. The molecule has 0 aromatic heterocycles. The lowest BCUT2D eigenvalue weighted by molar-refractivity contribution is 1.49. The first-order chi connectivity index (χ1) is 6.83. The number of nitrogens with two attached hydrogens (primary N) is 1. The molecule has 0 aliphatic heterocycles. The fraction of sp³-hybridized carbons (Fsp3) is 0.0769. The average Bonchev–Trinajstić information content (AvgIpc) is 2.23. The number of hydrogen-bond donors (Lipinski definition) is 1. The number of fused-ring (bicyclic) bond motifs is 1. The van der Waals surface area contributed by atoms with E-state index in [9.17, 15) is 0 Å². The predicted octanol–water partition coefficient (Wildman–Crippen LogP) is 3.08. The van der Waals surface area contributed by atoms with E-state index in [4.69, 9.17) is 5.73 Å². The normalized spacial score (nSPS) is 11.2. The lowest BCUT2D eigenvalue weighted by Gasteiger charge is -2.05. The summed E-state index contributed by atoms with van der Waals surface area (Å²) in [5, 5.41) is 2.57. The van der Waals surface area contributed by atoms with E-state index in [-0.39, 0.29) is 0 Å². The van der Waals surface area contributed by atoms with E-state index in [0.29, 0.717) is 0 Å². The smallest absolute Gasteiger partial charge is 0.00563 e. The van der Waals surface area contributed by atoms with Crippen LogP contribution < -0.4 is 5.73 Å². The zero-order valence-electron chi connectivity index (χ0n) is 8.20. The molecule has 2 aromatic rings. The summed E-state index contributed by atoms with van der Waals surface area (Å²) in [5.74, 6) is 0. The Kier molecular flexibility index (Phi) is 2.23. The van der Waals surface area contributed by atoms with Crippen LogP contribution in [0.5, 0.6) is 0 Å². The highest BCUT2D eigenvalue weighted by Crippen LogP contribution is 2.22. The Morgan fingerprint density at radius 2 is 1.86 bits per heavy atom. The standard InChI is InChI=1S/C13H13N/c1-10-11(8-9-14)6-7-12-4-2-3-5-13(10)12/h2-9H,14H2,1H3/b9-8-. The summed E-state index contributed by atoms with van der Waals surface area (Å²) in [6.45, 7) is 2.12. The molecular weight excluding hydrogens is 170 g/mol. The van der Waals surface area contributed by atoms with Gasteiger partial charge in [-0.3, -0.25) is 0 Å². The van der Waals surface area contributed by atoms with Gasteiger partial charge in [-0.05, 0) is 41.1 Å². The molecule has 1 heteroatoms. The van der Waals surface area contributed by atoms with E-state index >= 15 is 0 Å². The van der Waals surface area contributed by atoms with Crippen molar-refractivity contribution in [2.75, 3.05) is 0 Å². The highest BCUT2D eigenvalue weighted by molar-refractivity contribution is 5.88. The molecule has 2 rings (SSSR count). The third-order valence-corrected chi connectivity index (χ3v) is 2.52. The van der Waals surface area contributed by atoms with Crippen LogP contribution in [0.25, 0.3) is 16.8 Å². The van der Waals surface area contributed by atoms with Crippen molar-refractivity contribution >= 4 is 16.8 Å². The van der Waals surface area contributed by atoms with Crippen LogP contribution in [-0.2, 0) is 0 Å². The van der Waals surface area contributed by atoms with E-state index in [1.165, 1.54) is 21.9 Å². The topological polar surface area (TPSA) is 26.0 Å². The van der Waals surface area contributed by atoms with Crippen LogP contribution in [0, 0.1) is 6.92 Å². The molecule has 0 radical (unpaired) electrons. The monoisotopic (exact) mass is 183 g/mol. The Hall–Kier alpha value is -1.76. The van der Waals surface area contributed by atoms with E-state index < -0.39 is 0 Å². The summed E-state index contributed by atoms with van der Waals surface area (Å²) in [4.78, 5) is 0. The van der Waals surface area contributed by atoms with Crippen LogP contribution >= 0.6 is 0 Å². The molecule has 0 bridgehead atoms. The molecule has 0 saturated carbocycles. The zero-order chi connectivity index (χ0) is 9.97. The number of aryl methyl sites for hydroxylation is 1. The van der Waals surface area contributed by atoms with Crippen LogP contribution in [0.15, 0.2) is 42.6 Å². The Labute approximate surface area is 83.9 Å². The van der Waals surface area contributed by atoms with Gasteiger partial charge in [-0.2, -0.15) is 0 Å². The van der Waals surface area contributed by atoms with Gasteiger partial charge in [0.2, 0.25) is 0 Å². The minimum Gasteiger partial charge on any atom is -0.405 e. The molecule has 0 fully saturated rings. The second-order valence-electron chi connectivity index (χ2n) is 3.36. The third kappa shape index (κ3) is 1.37. The summed E-state index contributed by atoms with van der Waals surface area (Å²) in [6, 6.07) is 12.6. The van der Waals surface area contributed by atoms with Gasteiger partial charge in [-0.1, -0.05) is 36.4 Å². The number of rotatable bonds is 1. The fourth-order valence-corrected chi connectivity index (χ4v) is 1.73. The Morgan fingerprint density at radius 1 is 1.07 bits per heavy atom. The number of hydrogen-bond acceptors (Lipinski definition) is 1. The summed E-state index contributed by atoms with van der Waals surface area (Å²) < 4.78 is 0. The van der Waals surface area contributed by atoms with Gasteiger partial charge in [-0.15, -0.1) is 0 Å². The zero-order valence-corrected chi connectivity index (χ0v) is 8.20. The molecule has 1 nitrogen and oxygen atoms in total. The molecule has 2 N–H and O–H groups in total. The maximum atomic E-state index is 5.39. The molecule has 2 aromatic carbocycles. The first kappa shape index (κ1) is 8.82. The third-order valence-electron chi connectivity index (χ3n) is 2.52. The highest BCUT2D eigenvalue weighted by atomic mass is 14.5. The van der Waals surface area contributed by atoms with Crippen LogP contribution in [0.2, 0.25) is 0 Å². The van der Waals surface area contributed by atoms with E-state index in [2.05, 4.69) is 43.3 Å². The molecule has 0 spiro atoms.